The van der Waals surface area contributed by atoms with Gasteiger partial charge in [-0.25, -0.2) is 9.97 Å². The average Bonchev–Trinajstić information content (AvgIpc) is 3.39. The van der Waals surface area contributed by atoms with Crippen LogP contribution in [0.2, 0.25) is 0 Å². The van der Waals surface area contributed by atoms with Crippen molar-refractivity contribution in [1.29, 1.82) is 0 Å². The molecule has 4 heteroatoms. The third kappa shape index (κ3) is 3.01. The molecule has 0 aliphatic heterocycles. The zero-order valence-corrected chi connectivity index (χ0v) is 17.0. The Hall–Kier alpha value is -3.66. The van der Waals surface area contributed by atoms with Crippen molar-refractivity contribution in [3.63, 3.8) is 0 Å². The minimum atomic E-state index is -0.676. The van der Waals surface area contributed by atoms with Gasteiger partial charge in [-0.15, -0.1) is 0 Å². The Morgan fingerprint density at radius 3 is 1.63 bits per heavy atom. The van der Waals surface area contributed by atoms with Gasteiger partial charge in [-0.05, 0) is 20.3 Å². The van der Waals surface area contributed by atoms with Gasteiger partial charge < -0.3 is 8.83 Å². The largest absolute Gasteiger partial charge is 0.439 e. The zero-order valence-electron chi connectivity index (χ0n) is 17.0. The highest BCUT2D eigenvalue weighted by Crippen LogP contribution is 2.42. The van der Waals surface area contributed by atoms with Crippen LogP contribution in [0.1, 0.15) is 29.6 Å². The molecule has 0 bridgehead atoms. The lowest BCUT2D eigenvalue weighted by Gasteiger charge is -2.24. The summed E-state index contributed by atoms with van der Waals surface area (Å²) < 4.78 is 12.7. The number of nitrogens with zero attached hydrogens (tertiary/aromatic N) is 2. The smallest absolute Gasteiger partial charge is 0.215 e. The van der Waals surface area contributed by atoms with Gasteiger partial charge in [0, 0.05) is 11.1 Å². The van der Waals surface area contributed by atoms with Gasteiger partial charge in [-0.3, -0.25) is 0 Å². The summed E-state index contributed by atoms with van der Waals surface area (Å²) in [5.74, 6) is 2.75. The lowest BCUT2D eigenvalue weighted by atomic mass is 9.81. The van der Waals surface area contributed by atoms with E-state index in [0.29, 0.717) is 18.2 Å². The van der Waals surface area contributed by atoms with Gasteiger partial charge in [0.2, 0.25) is 11.8 Å². The van der Waals surface area contributed by atoms with Crippen LogP contribution < -0.4 is 0 Å². The lowest BCUT2D eigenvalue weighted by Crippen LogP contribution is -2.27. The Kier molecular flexibility index (Phi) is 4.47. The van der Waals surface area contributed by atoms with Gasteiger partial charge >= 0.3 is 0 Å². The number of rotatable bonds is 4. The van der Waals surface area contributed by atoms with E-state index in [4.69, 9.17) is 18.8 Å². The molecule has 0 saturated heterocycles. The molecule has 0 spiro atoms. The molecule has 0 atom stereocenters. The first-order valence-electron chi connectivity index (χ1n) is 10.1. The highest BCUT2D eigenvalue weighted by molar-refractivity contribution is 5.61. The van der Waals surface area contributed by atoms with Gasteiger partial charge in [0.05, 0.1) is 11.4 Å². The summed E-state index contributed by atoms with van der Waals surface area (Å²) in [6.07, 6.45) is 8.88. The summed E-state index contributed by atoms with van der Waals surface area (Å²) in [7, 11) is 0. The van der Waals surface area contributed by atoms with Crippen LogP contribution >= 0.6 is 0 Å². The van der Waals surface area contributed by atoms with E-state index in [9.17, 15) is 0 Å². The normalized spacial score (nSPS) is 14.9. The van der Waals surface area contributed by atoms with Gasteiger partial charge in [-0.2, -0.15) is 0 Å². The monoisotopic (exact) mass is 394 g/mol. The van der Waals surface area contributed by atoms with Gasteiger partial charge in [-0.1, -0.05) is 85.0 Å². The van der Waals surface area contributed by atoms with Crippen molar-refractivity contribution >= 4 is 0 Å². The minimum Gasteiger partial charge on any atom is -0.439 e. The van der Waals surface area contributed by atoms with Crippen LogP contribution in [-0.2, 0) is 5.41 Å². The number of allylic oxidation sites excluding steroid dienone is 4. The third-order valence-electron chi connectivity index (χ3n) is 5.50. The third-order valence-corrected chi connectivity index (χ3v) is 5.50. The second-order valence-corrected chi connectivity index (χ2v) is 7.56. The second kappa shape index (κ2) is 7.30. The Morgan fingerprint density at radius 2 is 1.20 bits per heavy atom. The van der Waals surface area contributed by atoms with Crippen LogP contribution in [0.15, 0.2) is 93.8 Å². The van der Waals surface area contributed by atoms with Crippen molar-refractivity contribution in [2.24, 2.45) is 0 Å². The van der Waals surface area contributed by atoms with Crippen molar-refractivity contribution < 1.29 is 8.83 Å². The Bertz CT molecular complexity index is 1150. The Morgan fingerprint density at radius 1 is 0.700 bits per heavy atom. The van der Waals surface area contributed by atoms with Crippen LogP contribution in [0.25, 0.3) is 22.6 Å². The number of benzene rings is 2. The predicted molar refractivity (Wildman–Crippen MR) is 117 cm³/mol. The molecular weight excluding hydrogens is 372 g/mol. The maximum Gasteiger partial charge on any atom is 0.215 e. The van der Waals surface area contributed by atoms with E-state index in [1.165, 1.54) is 0 Å². The number of oxazole rings is 2. The Balaban J connectivity index is 1.65. The van der Waals surface area contributed by atoms with Crippen molar-refractivity contribution in [3.8, 4) is 22.6 Å². The van der Waals surface area contributed by atoms with Gasteiger partial charge in [0.1, 0.15) is 5.41 Å². The van der Waals surface area contributed by atoms with Gasteiger partial charge in [0.15, 0.2) is 11.5 Å². The highest BCUT2D eigenvalue weighted by atomic mass is 16.4. The minimum absolute atomic E-state index is 0.598. The van der Waals surface area contributed by atoms with Crippen molar-refractivity contribution in [2.75, 3.05) is 0 Å². The molecule has 2 aromatic carbocycles. The van der Waals surface area contributed by atoms with Crippen LogP contribution in [0.3, 0.4) is 0 Å². The molecule has 0 N–H and O–H groups in total. The SMILES string of the molecule is Cc1nc(C2(c3nc(C)c(-c4ccccc4)o3)C=CC=CC2)oc1-c1ccccc1. The van der Waals surface area contributed by atoms with Crippen LogP contribution in [0, 0.1) is 13.8 Å². The molecule has 2 heterocycles. The Labute approximate surface area is 175 Å². The molecule has 1 aliphatic rings. The van der Waals surface area contributed by atoms with Crippen LogP contribution in [0.4, 0.5) is 0 Å². The van der Waals surface area contributed by atoms with E-state index in [0.717, 1.165) is 34.0 Å². The van der Waals surface area contributed by atoms with Crippen molar-refractivity contribution in [2.45, 2.75) is 25.7 Å². The van der Waals surface area contributed by atoms with Gasteiger partial charge in [0.25, 0.3) is 0 Å². The summed E-state index contributed by atoms with van der Waals surface area (Å²) in [6, 6.07) is 20.1. The molecule has 4 nitrogen and oxygen atoms in total. The van der Waals surface area contributed by atoms with Crippen LogP contribution in [-0.4, -0.2) is 9.97 Å². The molecule has 0 radical (unpaired) electrons. The predicted octanol–water partition coefficient (Wildman–Crippen LogP) is 6.42. The first kappa shape index (κ1) is 18.4. The summed E-state index contributed by atoms with van der Waals surface area (Å²) >= 11 is 0. The molecule has 0 unspecified atom stereocenters. The second-order valence-electron chi connectivity index (χ2n) is 7.56. The first-order valence-corrected chi connectivity index (χ1v) is 10.1. The number of aryl methyl sites for hydroxylation is 2. The summed E-state index contributed by atoms with van der Waals surface area (Å²) in [4.78, 5) is 9.64. The lowest BCUT2D eigenvalue weighted by molar-refractivity contribution is 0.356. The van der Waals surface area contributed by atoms with E-state index in [1.807, 2.05) is 86.7 Å². The van der Waals surface area contributed by atoms with Crippen LogP contribution in [0.5, 0.6) is 0 Å². The molecule has 1 aliphatic carbocycles. The molecule has 0 saturated carbocycles. The fourth-order valence-corrected chi connectivity index (χ4v) is 3.92. The maximum absolute atomic E-state index is 6.36. The first-order chi connectivity index (χ1) is 14.7. The molecule has 5 rings (SSSR count). The highest BCUT2D eigenvalue weighted by Gasteiger charge is 2.42. The molecule has 148 valence electrons. The quantitative estimate of drug-likeness (QED) is 0.401. The van der Waals surface area contributed by atoms with E-state index in [-0.39, 0.29) is 0 Å². The van der Waals surface area contributed by atoms with E-state index in [2.05, 4.69) is 12.2 Å². The summed E-state index contributed by atoms with van der Waals surface area (Å²) in [5, 5.41) is 0. The summed E-state index contributed by atoms with van der Waals surface area (Å²) in [6.45, 7) is 3.95. The molecule has 0 fully saturated rings. The number of aromatic nitrogens is 2. The van der Waals surface area contributed by atoms with Crippen molar-refractivity contribution in [3.05, 3.63) is 108 Å². The molecule has 0 amide bonds. The molecular formula is C26H22N2O2. The van der Waals surface area contributed by atoms with E-state index >= 15 is 0 Å². The number of hydrogen-bond acceptors (Lipinski definition) is 4. The summed E-state index contributed by atoms with van der Waals surface area (Å²) in [5.41, 5.74) is 3.04. The maximum atomic E-state index is 6.36. The fourth-order valence-electron chi connectivity index (χ4n) is 3.92. The molecule has 30 heavy (non-hydrogen) atoms. The average molecular weight is 394 g/mol. The van der Waals surface area contributed by atoms with E-state index in [1.54, 1.807) is 0 Å². The van der Waals surface area contributed by atoms with Crippen molar-refractivity contribution in [1.82, 2.24) is 9.97 Å². The fraction of sp³-hybridized carbons (Fsp3) is 0.154. The molecule has 2 aromatic heterocycles. The van der Waals surface area contributed by atoms with E-state index < -0.39 is 5.41 Å². The standard InChI is InChI=1S/C26H22N2O2/c1-18-22(20-12-6-3-7-13-20)29-24(27-18)26(16-10-5-11-17-26)25-28-19(2)23(30-25)21-14-8-4-9-15-21/h3-16H,17H2,1-2H3. The molecule has 4 aromatic rings. The number of hydrogen-bond donors (Lipinski definition) is 0. The topological polar surface area (TPSA) is 52.1 Å². The zero-order chi connectivity index (χ0) is 20.6.